The molecule has 0 aromatic carbocycles. The van der Waals surface area contributed by atoms with Gasteiger partial charge in [0.2, 0.25) is 0 Å². The zero-order valence-corrected chi connectivity index (χ0v) is 7.64. The van der Waals surface area contributed by atoms with Crippen molar-refractivity contribution in [1.82, 2.24) is 0 Å². The molecule has 2 nitrogen and oxygen atoms in total. The van der Waals surface area contributed by atoms with Gasteiger partial charge >= 0.3 is 0 Å². The van der Waals surface area contributed by atoms with Gasteiger partial charge in [0.25, 0.3) is 0 Å². The van der Waals surface area contributed by atoms with Crippen molar-refractivity contribution in [2.75, 3.05) is 13.2 Å². The number of rotatable bonds is 7. The SMILES string of the molecule is CCC(C)OCCCCC[O]. The summed E-state index contributed by atoms with van der Waals surface area (Å²) in [4.78, 5) is 0. The first-order chi connectivity index (χ1) is 5.31. The van der Waals surface area contributed by atoms with Crippen LogP contribution in [0.25, 0.3) is 0 Å². The first-order valence-corrected chi connectivity index (χ1v) is 4.51. The van der Waals surface area contributed by atoms with Gasteiger partial charge in [-0.05, 0) is 32.6 Å². The van der Waals surface area contributed by atoms with Crippen LogP contribution < -0.4 is 0 Å². The van der Waals surface area contributed by atoms with Crippen LogP contribution in [-0.4, -0.2) is 19.3 Å². The van der Waals surface area contributed by atoms with E-state index in [1.54, 1.807) is 0 Å². The van der Waals surface area contributed by atoms with E-state index in [1.165, 1.54) is 0 Å². The average molecular weight is 159 g/mol. The smallest absolute Gasteiger partial charge is 0.0822 e. The van der Waals surface area contributed by atoms with Gasteiger partial charge in [0.15, 0.2) is 0 Å². The molecule has 0 bridgehead atoms. The molecular weight excluding hydrogens is 140 g/mol. The van der Waals surface area contributed by atoms with Gasteiger partial charge in [-0.2, -0.15) is 0 Å². The largest absolute Gasteiger partial charge is 0.379 e. The van der Waals surface area contributed by atoms with E-state index in [4.69, 9.17) is 4.74 Å². The first-order valence-electron chi connectivity index (χ1n) is 4.51. The first kappa shape index (κ1) is 10.9. The van der Waals surface area contributed by atoms with E-state index in [2.05, 4.69) is 13.8 Å². The molecule has 0 spiro atoms. The average Bonchev–Trinajstić information content (AvgIpc) is 2.04. The molecule has 1 atom stereocenters. The molecule has 0 heterocycles. The summed E-state index contributed by atoms with van der Waals surface area (Å²) in [5.74, 6) is 0. The number of ether oxygens (including phenoxy) is 1. The Morgan fingerprint density at radius 3 is 2.55 bits per heavy atom. The van der Waals surface area contributed by atoms with Gasteiger partial charge in [-0.3, -0.25) is 0 Å². The molecule has 0 saturated carbocycles. The maximum absolute atomic E-state index is 10.0. The van der Waals surface area contributed by atoms with Crippen LogP contribution in [0.4, 0.5) is 0 Å². The molecule has 0 aliphatic carbocycles. The molecule has 0 N–H and O–H groups in total. The van der Waals surface area contributed by atoms with Gasteiger partial charge in [0.1, 0.15) is 0 Å². The quantitative estimate of drug-likeness (QED) is 0.524. The second-order valence-corrected chi connectivity index (χ2v) is 2.85. The van der Waals surface area contributed by atoms with E-state index < -0.39 is 0 Å². The third kappa shape index (κ3) is 7.82. The summed E-state index contributed by atoms with van der Waals surface area (Å²) in [5.41, 5.74) is 0. The van der Waals surface area contributed by atoms with Gasteiger partial charge in [-0.15, -0.1) is 0 Å². The molecule has 0 aromatic heterocycles. The van der Waals surface area contributed by atoms with Gasteiger partial charge in [-0.25, -0.2) is 5.11 Å². The van der Waals surface area contributed by atoms with Crippen LogP contribution >= 0.6 is 0 Å². The van der Waals surface area contributed by atoms with Gasteiger partial charge in [0.05, 0.1) is 12.7 Å². The lowest BCUT2D eigenvalue weighted by molar-refractivity contribution is 0.0595. The molecule has 0 aromatic rings. The Kier molecular flexibility index (Phi) is 7.96. The fourth-order valence-electron chi connectivity index (χ4n) is 0.783. The van der Waals surface area contributed by atoms with Crippen LogP contribution in [0.15, 0.2) is 0 Å². The van der Waals surface area contributed by atoms with E-state index in [-0.39, 0.29) is 6.61 Å². The lowest BCUT2D eigenvalue weighted by atomic mass is 10.2. The summed E-state index contributed by atoms with van der Waals surface area (Å²) in [6.45, 7) is 5.06. The highest BCUT2D eigenvalue weighted by Gasteiger charge is 1.96. The zero-order chi connectivity index (χ0) is 8.53. The highest BCUT2D eigenvalue weighted by molar-refractivity contribution is 4.45. The molecule has 1 radical (unpaired) electrons. The van der Waals surface area contributed by atoms with Crippen molar-refractivity contribution in [2.45, 2.75) is 45.6 Å². The van der Waals surface area contributed by atoms with Crippen LogP contribution in [0.1, 0.15) is 39.5 Å². The van der Waals surface area contributed by atoms with Crippen LogP contribution in [0.5, 0.6) is 0 Å². The summed E-state index contributed by atoms with van der Waals surface area (Å²) < 4.78 is 5.44. The third-order valence-corrected chi connectivity index (χ3v) is 1.77. The van der Waals surface area contributed by atoms with Crippen molar-refractivity contribution < 1.29 is 9.84 Å². The highest BCUT2D eigenvalue weighted by atomic mass is 16.5. The normalized spacial score (nSPS) is 13.4. The van der Waals surface area contributed by atoms with Gasteiger partial charge < -0.3 is 4.74 Å². The second kappa shape index (κ2) is 8.02. The summed E-state index contributed by atoms with van der Waals surface area (Å²) in [7, 11) is 0. The maximum Gasteiger partial charge on any atom is 0.0822 e. The van der Waals surface area contributed by atoms with Crippen LogP contribution in [0, 0.1) is 0 Å². The monoisotopic (exact) mass is 159 g/mol. The summed E-state index contributed by atoms with van der Waals surface area (Å²) in [6.07, 6.45) is 4.29. The van der Waals surface area contributed by atoms with Crippen molar-refractivity contribution in [1.29, 1.82) is 0 Å². The van der Waals surface area contributed by atoms with Crippen LogP contribution in [-0.2, 0) is 9.84 Å². The summed E-state index contributed by atoms with van der Waals surface area (Å²) in [5, 5.41) is 10.0. The molecule has 0 aliphatic heterocycles. The second-order valence-electron chi connectivity index (χ2n) is 2.85. The Hall–Kier alpha value is -0.0800. The molecule has 2 heteroatoms. The van der Waals surface area contributed by atoms with E-state index in [1.807, 2.05) is 0 Å². The molecule has 67 valence electrons. The van der Waals surface area contributed by atoms with Crippen LogP contribution in [0.2, 0.25) is 0 Å². The number of hydrogen-bond donors (Lipinski definition) is 0. The Morgan fingerprint density at radius 2 is 2.00 bits per heavy atom. The van der Waals surface area contributed by atoms with E-state index >= 15 is 0 Å². The van der Waals surface area contributed by atoms with E-state index in [9.17, 15) is 5.11 Å². The summed E-state index contributed by atoms with van der Waals surface area (Å²) >= 11 is 0. The Morgan fingerprint density at radius 1 is 1.27 bits per heavy atom. The minimum absolute atomic E-state index is 0.0589. The van der Waals surface area contributed by atoms with Crippen molar-refractivity contribution >= 4 is 0 Å². The lowest BCUT2D eigenvalue weighted by Crippen LogP contribution is -2.07. The summed E-state index contributed by atoms with van der Waals surface area (Å²) in [6, 6.07) is 0. The molecule has 0 amide bonds. The minimum atomic E-state index is 0.0589. The van der Waals surface area contributed by atoms with E-state index in [0.29, 0.717) is 6.10 Å². The highest BCUT2D eigenvalue weighted by Crippen LogP contribution is 2.00. The predicted octanol–water partition coefficient (Wildman–Crippen LogP) is 2.40. The molecule has 0 saturated heterocycles. The molecular formula is C9H19O2. The molecule has 0 rings (SSSR count). The topological polar surface area (TPSA) is 29.1 Å². The lowest BCUT2D eigenvalue weighted by Gasteiger charge is -2.09. The van der Waals surface area contributed by atoms with Crippen molar-refractivity contribution in [2.24, 2.45) is 0 Å². The fourth-order valence-corrected chi connectivity index (χ4v) is 0.783. The van der Waals surface area contributed by atoms with Gasteiger partial charge in [0, 0.05) is 6.61 Å². The minimum Gasteiger partial charge on any atom is -0.379 e. The van der Waals surface area contributed by atoms with Crippen molar-refractivity contribution in [3.63, 3.8) is 0 Å². The van der Waals surface area contributed by atoms with E-state index in [0.717, 1.165) is 32.3 Å². The number of unbranched alkanes of at least 4 members (excludes halogenated alkanes) is 2. The zero-order valence-electron chi connectivity index (χ0n) is 7.64. The third-order valence-electron chi connectivity index (χ3n) is 1.77. The molecule has 0 aliphatic rings. The molecule has 11 heavy (non-hydrogen) atoms. The number of hydrogen-bond acceptors (Lipinski definition) is 1. The molecule has 0 fully saturated rings. The van der Waals surface area contributed by atoms with Crippen molar-refractivity contribution in [3.05, 3.63) is 0 Å². The maximum atomic E-state index is 10.0. The van der Waals surface area contributed by atoms with Crippen LogP contribution in [0.3, 0.4) is 0 Å². The standard InChI is InChI=1S/C9H19O2/c1-3-9(2)11-8-6-4-5-7-10/h9H,3-8H2,1-2H3. The van der Waals surface area contributed by atoms with Gasteiger partial charge in [-0.1, -0.05) is 6.92 Å². The Balaban J connectivity index is 2.89. The Bertz CT molecular complexity index is 74.0. The Labute approximate surface area is 69.6 Å². The molecule has 1 unspecified atom stereocenters. The predicted molar refractivity (Wildman–Crippen MR) is 45.1 cm³/mol. The fraction of sp³-hybridized carbons (Fsp3) is 1.00. The van der Waals surface area contributed by atoms with Crippen molar-refractivity contribution in [3.8, 4) is 0 Å².